The largest absolute Gasteiger partial charge is 0.350 e. The lowest BCUT2D eigenvalue weighted by atomic mass is 10.1. The Hall–Kier alpha value is -2.45. The van der Waals surface area contributed by atoms with Crippen LogP contribution in [0, 0.1) is 6.92 Å². The molecule has 3 N–H and O–H groups in total. The molecule has 2 aromatic rings. The number of rotatable bonds is 6. The van der Waals surface area contributed by atoms with Crippen molar-refractivity contribution in [1.82, 2.24) is 25.6 Å². The second kappa shape index (κ2) is 10.0. The van der Waals surface area contributed by atoms with Crippen LogP contribution in [0.25, 0.3) is 0 Å². The second-order valence-electron chi connectivity index (χ2n) is 6.37. The first kappa shape index (κ1) is 20.9. The highest BCUT2D eigenvalue weighted by Gasteiger charge is 2.22. The number of nitrogens with one attached hydrogen (secondary N) is 3. The highest BCUT2D eigenvalue weighted by atomic mass is 35.5. The fourth-order valence-corrected chi connectivity index (χ4v) is 3.07. The third-order valence-corrected chi connectivity index (χ3v) is 4.49. The number of nitrogens with zero attached hydrogens (tertiary/aromatic N) is 3. The lowest BCUT2D eigenvalue weighted by Crippen LogP contribution is -2.31. The van der Waals surface area contributed by atoms with Crippen molar-refractivity contribution in [2.45, 2.75) is 32.2 Å². The minimum atomic E-state index is -0.296. The molecule has 1 aromatic carbocycles. The fraction of sp³-hybridized carbons (Fsp3) is 0.444. The Labute approximate surface area is 164 Å². The van der Waals surface area contributed by atoms with Crippen molar-refractivity contribution in [2.75, 3.05) is 25.0 Å². The van der Waals surface area contributed by atoms with Crippen LogP contribution in [0.4, 0.5) is 5.69 Å². The van der Waals surface area contributed by atoms with Crippen LogP contribution in [0.1, 0.15) is 41.5 Å². The topological polar surface area (TPSA) is 101 Å². The summed E-state index contributed by atoms with van der Waals surface area (Å²) >= 11 is 0. The van der Waals surface area contributed by atoms with Gasteiger partial charge in [-0.15, -0.1) is 17.5 Å². The predicted octanol–water partition coefficient (Wildman–Crippen LogP) is 1.69. The third-order valence-electron chi connectivity index (χ3n) is 4.49. The zero-order chi connectivity index (χ0) is 18.4. The molecule has 1 saturated heterocycles. The van der Waals surface area contributed by atoms with Gasteiger partial charge in [-0.1, -0.05) is 23.4 Å². The van der Waals surface area contributed by atoms with E-state index in [9.17, 15) is 9.59 Å². The summed E-state index contributed by atoms with van der Waals surface area (Å²) < 4.78 is 1.85. The number of hydrogen-bond donors (Lipinski definition) is 3. The Morgan fingerprint density at radius 3 is 2.63 bits per heavy atom. The molecule has 0 saturated carbocycles. The predicted molar refractivity (Wildman–Crippen MR) is 105 cm³/mol. The van der Waals surface area contributed by atoms with E-state index in [1.54, 1.807) is 0 Å². The van der Waals surface area contributed by atoms with Crippen LogP contribution in [0.2, 0.25) is 0 Å². The Morgan fingerprint density at radius 1 is 1.22 bits per heavy atom. The van der Waals surface area contributed by atoms with Crippen molar-refractivity contribution in [3.8, 4) is 0 Å². The van der Waals surface area contributed by atoms with Crippen LogP contribution in [0.3, 0.4) is 0 Å². The molecule has 27 heavy (non-hydrogen) atoms. The van der Waals surface area contributed by atoms with Gasteiger partial charge in [0.2, 0.25) is 5.91 Å². The van der Waals surface area contributed by atoms with Gasteiger partial charge in [-0.3, -0.25) is 9.59 Å². The normalized spacial score (nSPS) is 14.3. The molecule has 0 aliphatic carbocycles. The molecule has 0 radical (unpaired) electrons. The monoisotopic (exact) mass is 392 g/mol. The van der Waals surface area contributed by atoms with Gasteiger partial charge in [0, 0.05) is 18.7 Å². The van der Waals surface area contributed by atoms with Crippen molar-refractivity contribution in [1.29, 1.82) is 0 Å². The minimum absolute atomic E-state index is 0. The van der Waals surface area contributed by atoms with E-state index in [1.807, 2.05) is 41.9 Å². The van der Waals surface area contributed by atoms with Gasteiger partial charge >= 0.3 is 0 Å². The standard InChI is InChI=1S/C18H24N6O2.ClH/c1-13-17(22-23-24(13)15-7-10-19-11-8-15)18(26)20-12-9-16(25)21-14-5-3-2-4-6-14;/h2-6,15,19H,7-12H2,1H3,(H,20,26)(H,21,25);1H. The highest BCUT2D eigenvalue weighted by molar-refractivity contribution is 5.94. The molecule has 0 spiro atoms. The summed E-state index contributed by atoms with van der Waals surface area (Å²) in [6.07, 6.45) is 2.15. The van der Waals surface area contributed by atoms with E-state index in [-0.39, 0.29) is 43.2 Å². The average molecular weight is 393 g/mol. The van der Waals surface area contributed by atoms with E-state index in [1.165, 1.54) is 0 Å². The van der Waals surface area contributed by atoms with Gasteiger partial charge in [-0.25, -0.2) is 4.68 Å². The quantitative estimate of drug-likeness (QED) is 0.694. The summed E-state index contributed by atoms with van der Waals surface area (Å²) in [5.41, 5.74) is 1.83. The number of carbonyl (C=O) groups excluding carboxylic acids is 2. The summed E-state index contributed by atoms with van der Waals surface area (Å²) in [6.45, 7) is 4.00. The van der Waals surface area contributed by atoms with E-state index < -0.39 is 0 Å². The molecule has 1 aliphatic heterocycles. The van der Waals surface area contributed by atoms with Crippen LogP contribution in [0.15, 0.2) is 30.3 Å². The average Bonchev–Trinajstić information content (AvgIpc) is 3.04. The number of piperidine rings is 1. The molecule has 3 rings (SSSR count). The number of hydrogen-bond acceptors (Lipinski definition) is 5. The second-order valence-corrected chi connectivity index (χ2v) is 6.37. The van der Waals surface area contributed by atoms with Crippen molar-refractivity contribution in [2.24, 2.45) is 0 Å². The van der Waals surface area contributed by atoms with E-state index in [0.717, 1.165) is 37.3 Å². The molecule has 9 heteroatoms. The molecule has 146 valence electrons. The first-order valence-corrected chi connectivity index (χ1v) is 8.91. The zero-order valence-corrected chi connectivity index (χ0v) is 16.1. The summed E-state index contributed by atoms with van der Waals surface area (Å²) in [5, 5.41) is 17.0. The van der Waals surface area contributed by atoms with Gasteiger partial charge in [-0.2, -0.15) is 0 Å². The van der Waals surface area contributed by atoms with Gasteiger partial charge in [0.1, 0.15) is 0 Å². The summed E-state index contributed by atoms with van der Waals surface area (Å²) in [4.78, 5) is 24.2. The van der Waals surface area contributed by atoms with Crippen LogP contribution in [-0.2, 0) is 4.79 Å². The molecule has 2 amide bonds. The van der Waals surface area contributed by atoms with Crippen molar-refractivity contribution >= 4 is 29.9 Å². The van der Waals surface area contributed by atoms with Crippen LogP contribution in [-0.4, -0.2) is 46.4 Å². The summed E-state index contributed by atoms with van der Waals surface area (Å²) in [7, 11) is 0. The van der Waals surface area contributed by atoms with E-state index in [4.69, 9.17) is 0 Å². The van der Waals surface area contributed by atoms with E-state index in [0.29, 0.717) is 5.69 Å². The van der Waals surface area contributed by atoms with Gasteiger partial charge < -0.3 is 16.0 Å². The molecule has 0 unspecified atom stereocenters. The van der Waals surface area contributed by atoms with Gasteiger partial charge in [0.25, 0.3) is 5.91 Å². The maximum atomic E-state index is 12.3. The number of halogens is 1. The van der Waals surface area contributed by atoms with Crippen LogP contribution < -0.4 is 16.0 Å². The maximum absolute atomic E-state index is 12.3. The van der Waals surface area contributed by atoms with Crippen LogP contribution >= 0.6 is 12.4 Å². The molecular formula is C18H25ClN6O2. The first-order valence-electron chi connectivity index (χ1n) is 8.91. The van der Waals surface area contributed by atoms with Crippen molar-refractivity contribution in [3.05, 3.63) is 41.7 Å². The smallest absolute Gasteiger partial charge is 0.273 e. The number of para-hydroxylation sites is 1. The molecule has 1 aromatic heterocycles. The minimum Gasteiger partial charge on any atom is -0.350 e. The Balaban J connectivity index is 0.00000261. The molecule has 8 nitrogen and oxygen atoms in total. The Kier molecular flexibility index (Phi) is 7.75. The summed E-state index contributed by atoms with van der Waals surface area (Å²) in [5.74, 6) is -0.443. The lowest BCUT2D eigenvalue weighted by molar-refractivity contribution is -0.116. The van der Waals surface area contributed by atoms with E-state index >= 15 is 0 Å². The SMILES string of the molecule is Cc1c(C(=O)NCCC(=O)Nc2ccccc2)nnn1C1CCNCC1.Cl. The van der Waals surface area contributed by atoms with E-state index in [2.05, 4.69) is 26.3 Å². The van der Waals surface area contributed by atoms with Crippen molar-refractivity contribution < 1.29 is 9.59 Å². The number of anilines is 1. The Bertz CT molecular complexity index is 758. The summed E-state index contributed by atoms with van der Waals surface area (Å²) in [6, 6.07) is 9.51. The van der Waals surface area contributed by atoms with Gasteiger partial charge in [0.05, 0.1) is 11.7 Å². The Morgan fingerprint density at radius 2 is 1.93 bits per heavy atom. The maximum Gasteiger partial charge on any atom is 0.273 e. The van der Waals surface area contributed by atoms with Gasteiger partial charge in [0.15, 0.2) is 5.69 Å². The molecule has 1 fully saturated rings. The number of benzene rings is 1. The van der Waals surface area contributed by atoms with Crippen LogP contribution in [0.5, 0.6) is 0 Å². The highest BCUT2D eigenvalue weighted by Crippen LogP contribution is 2.20. The fourth-order valence-electron chi connectivity index (χ4n) is 3.07. The molecule has 1 aliphatic rings. The first-order chi connectivity index (χ1) is 12.6. The molecular weight excluding hydrogens is 368 g/mol. The van der Waals surface area contributed by atoms with Crippen molar-refractivity contribution in [3.63, 3.8) is 0 Å². The molecule has 0 bridgehead atoms. The number of aromatic nitrogens is 3. The molecule has 0 atom stereocenters. The number of amides is 2. The lowest BCUT2D eigenvalue weighted by Gasteiger charge is -2.23. The number of carbonyl (C=O) groups is 2. The zero-order valence-electron chi connectivity index (χ0n) is 15.3. The van der Waals surface area contributed by atoms with Gasteiger partial charge in [-0.05, 0) is 45.0 Å². The third kappa shape index (κ3) is 5.51. The molecule has 2 heterocycles.